The first-order chi connectivity index (χ1) is 14.3. The molecule has 1 fully saturated rings. The van der Waals surface area contributed by atoms with Crippen LogP contribution in [-0.2, 0) is 13.6 Å². The smallest absolute Gasteiger partial charge is 0.345 e. The second kappa shape index (κ2) is 9.23. The Balaban J connectivity index is 1.67. The second-order valence-corrected chi connectivity index (χ2v) is 7.86. The van der Waals surface area contributed by atoms with Crippen molar-refractivity contribution in [3.8, 4) is 11.5 Å². The SMILES string of the molecule is COc1ccc(CNC(=O)N2CCCC(c3nn(C)c(=O)n3C(C)C)C2)cc1OC. The van der Waals surface area contributed by atoms with Crippen LogP contribution in [0, 0.1) is 0 Å². The van der Waals surface area contributed by atoms with Crippen LogP contribution in [0.4, 0.5) is 4.79 Å². The lowest BCUT2D eigenvalue weighted by Crippen LogP contribution is -2.45. The summed E-state index contributed by atoms with van der Waals surface area (Å²) < 4.78 is 13.7. The number of urea groups is 1. The van der Waals surface area contributed by atoms with Crippen LogP contribution in [0.3, 0.4) is 0 Å². The molecule has 9 nitrogen and oxygen atoms in total. The van der Waals surface area contributed by atoms with Crippen molar-refractivity contribution in [1.82, 2.24) is 24.6 Å². The number of aryl methyl sites for hydroxylation is 1. The molecule has 1 aliphatic rings. The van der Waals surface area contributed by atoms with Gasteiger partial charge in [0.2, 0.25) is 0 Å². The first kappa shape index (κ1) is 21.7. The van der Waals surface area contributed by atoms with Gasteiger partial charge in [-0.15, -0.1) is 0 Å². The van der Waals surface area contributed by atoms with Gasteiger partial charge in [0, 0.05) is 38.6 Å². The maximum Gasteiger partial charge on any atom is 0.345 e. The van der Waals surface area contributed by atoms with E-state index in [0.29, 0.717) is 31.1 Å². The number of aromatic nitrogens is 3. The zero-order valence-corrected chi connectivity index (χ0v) is 18.3. The first-order valence-electron chi connectivity index (χ1n) is 10.2. The predicted molar refractivity (Wildman–Crippen MR) is 113 cm³/mol. The van der Waals surface area contributed by atoms with Crippen molar-refractivity contribution in [2.24, 2.45) is 7.05 Å². The molecule has 1 saturated heterocycles. The lowest BCUT2D eigenvalue weighted by Gasteiger charge is -2.32. The number of likely N-dealkylation sites (tertiary alicyclic amines) is 1. The minimum Gasteiger partial charge on any atom is -0.493 e. The molecular weight excluding hydrogens is 386 g/mol. The van der Waals surface area contributed by atoms with Crippen molar-refractivity contribution in [2.75, 3.05) is 27.3 Å². The van der Waals surface area contributed by atoms with Gasteiger partial charge < -0.3 is 19.7 Å². The van der Waals surface area contributed by atoms with Gasteiger partial charge in [-0.3, -0.25) is 4.57 Å². The number of nitrogens with one attached hydrogen (secondary N) is 1. The number of carbonyl (C=O) groups excluding carboxylic acids is 1. The lowest BCUT2D eigenvalue weighted by atomic mass is 9.97. The summed E-state index contributed by atoms with van der Waals surface area (Å²) in [6, 6.07) is 5.48. The summed E-state index contributed by atoms with van der Waals surface area (Å²) in [5, 5.41) is 7.44. The molecule has 1 aromatic carbocycles. The molecule has 1 unspecified atom stereocenters. The van der Waals surface area contributed by atoms with Crippen LogP contribution in [-0.4, -0.2) is 52.6 Å². The van der Waals surface area contributed by atoms with Crippen LogP contribution < -0.4 is 20.5 Å². The molecule has 3 rings (SSSR count). The van der Waals surface area contributed by atoms with Gasteiger partial charge in [0.25, 0.3) is 0 Å². The summed E-state index contributed by atoms with van der Waals surface area (Å²) >= 11 is 0. The van der Waals surface area contributed by atoms with Crippen molar-refractivity contribution in [1.29, 1.82) is 0 Å². The van der Waals surface area contributed by atoms with Crippen LogP contribution in [0.25, 0.3) is 0 Å². The van der Waals surface area contributed by atoms with Crippen molar-refractivity contribution in [3.05, 3.63) is 40.1 Å². The molecule has 2 heterocycles. The molecule has 1 aliphatic heterocycles. The largest absolute Gasteiger partial charge is 0.493 e. The van der Waals surface area contributed by atoms with Gasteiger partial charge in [-0.25, -0.2) is 14.3 Å². The molecule has 2 amide bonds. The fourth-order valence-corrected chi connectivity index (χ4v) is 3.91. The Morgan fingerprint density at radius 3 is 2.67 bits per heavy atom. The molecule has 0 bridgehead atoms. The minimum absolute atomic E-state index is 0.0236. The number of hydrogen-bond acceptors (Lipinski definition) is 5. The normalized spacial score (nSPS) is 16.6. The van der Waals surface area contributed by atoms with E-state index >= 15 is 0 Å². The Labute approximate surface area is 176 Å². The zero-order valence-electron chi connectivity index (χ0n) is 18.3. The van der Waals surface area contributed by atoms with E-state index in [2.05, 4.69) is 10.4 Å². The van der Waals surface area contributed by atoms with Gasteiger partial charge in [-0.1, -0.05) is 6.07 Å². The molecule has 9 heteroatoms. The van der Waals surface area contributed by atoms with Gasteiger partial charge >= 0.3 is 11.7 Å². The van der Waals surface area contributed by atoms with Crippen molar-refractivity contribution in [2.45, 2.75) is 45.2 Å². The van der Waals surface area contributed by atoms with Crippen molar-refractivity contribution >= 4 is 6.03 Å². The highest BCUT2D eigenvalue weighted by atomic mass is 16.5. The van der Waals surface area contributed by atoms with Crippen molar-refractivity contribution < 1.29 is 14.3 Å². The van der Waals surface area contributed by atoms with E-state index in [1.807, 2.05) is 32.0 Å². The van der Waals surface area contributed by atoms with Gasteiger partial charge in [-0.05, 0) is 44.4 Å². The van der Waals surface area contributed by atoms with E-state index < -0.39 is 0 Å². The predicted octanol–water partition coefficient (Wildman–Crippen LogP) is 2.27. The number of rotatable bonds is 6. The first-order valence-corrected chi connectivity index (χ1v) is 10.2. The average Bonchev–Trinajstić information content (AvgIpc) is 3.06. The monoisotopic (exact) mass is 417 g/mol. The summed E-state index contributed by atoms with van der Waals surface area (Å²) in [5.74, 6) is 2.08. The highest BCUT2D eigenvalue weighted by molar-refractivity contribution is 5.74. The van der Waals surface area contributed by atoms with Crippen LogP contribution in [0.15, 0.2) is 23.0 Å². The summed E-state index contributed by atoms with van der Waals surface area (Å²) in [6.07, 6.45) is 1.78. The molecule has 0 aliphatic carbocycles. The number of hydrogen-bond donors (Lipinski definition) is 1. The molecular formula is C21H31N5O4. The lowest BCUT2D eigenvalue weighted by molar-refractivity contribution is 0.177. The molecule has 164 valence electrons. The van der Waals surface area contributed by atoms with E-state index in [4.69, 9.17) is 9.47 Å². The number of carbonyl (C=O) groups is 1. The van der Waals surface area contributed by atoms with Crippen LogP contribution in [0.1, 0.15) is 50.0 Å². The summed E-state index contributed by atoms with van der Waals surface area (Å²) in [6.45, 7) is 5.57. The second-order valence-electron chi connectivity index (χ2n) is 7.86. The maximum atomic E-state index is 12.8. The average molecular weight is 418 g/mol. The van der Waals surface area contributed by atoms with E-state index in [1.54, 1.807) is 30.7 Å². The third-order valence-corrected chi connectivity index (χ3v) is 5.46. The number of piperidine rings is 1. The number of ether oxygens (including phenoxy) is 2. The van der Waals surface area contributed by atoms with Gasteiger partial charge in [-0.2, -0.15) is 5.10 Å². The zero-order chi connectivity index (χ0) is 21.8. The topological polar surface area (TPSA) is 90.6 Å². The molecule has 1 aromatic heterocycles. The molecule has 1 atom stereocenters. The molecule has 0 spiro atoms. The molecule has 0 radical (unpaired) electrons. The Hall–Kier alpha value is -2.97. The summed E-state index contributed by atoms with van der Waals surface area (Å²) in [4.78, 5) is 27.0. The molecule has 0 saturated carbocycles. The Kier molecular flexibility index (Phi) is 6.69. The molecule has 30 heavy (non-hydrogen) atoms. The van der Waals surface area contributed by atoms with E-state index in [0.717, 1.165) is 24.2 Å². The van der Waals surface area contributed by atoms with Crippen LogP contribution in [0.2, 0.25) is 0 Å². The number of benzene rings is 1. The maximum absolute atomic E-state index is 12.8. The van der Waals surface area contributed by atoms with E-state index in [9.17, 15) is 9.59 Å². The third kappa shape index (κ3) is 4.44. The highest BCUT2D eigenvalue weighted by Gasteiger charge is 2.29. The minimum atomic E-state index is -0.121. The highest BCUT2D eigenvalue weighted by Crippen LogP contribution is 2.28. The van der Waals surface area contributed by atoms with Crippen LogP contribution >= 0.6 is 0 Å². The van der Waals surface area contributed by atoms with Gasteiger partial charge in [0.1, 0.15) is 5.82 Å². The standard InChI is InChI=1S/C21H31N5O4/c1-14(2)26-19(23-24(3)21(26)28)16-7-6-10-25(13-16)20(27)22-12-15-8-9-17(29-4)18(11-15)30-5/h8-9,11,14,16H,6-7,10,12-13H2,1-5H3,(H,22,27). The molecule has 2 aromatic rings. The Morgan fingerprint density at radius 1 is 1.27 bits per heavy atom. The fourth-order valence-electron chi connectivity index (χ4n) is 3.91. The number of methoxy groups -OCH3 is 2. The Bertz CT molecular complexity index is 949. The number of amides is 2. The quantitative estimate of drug-likeness (QED) is 0.779. The fraction of sp³-hybridized carbons (Fsp3) is 0.571. The van der Waals surface area contributed by atoms with Crippen molar-refractivity contribution in [3.63, 3.8) is 0 Å². The number of nitrogens with zero attached hydrogens (tertiary/aromatic N) is 4. The van der Waals surface area contributed by atoms with Crippen LogP contribution in [0.5, 0.6) is 11.5 Å². The van der Waals surface area contributed by atoms with E-state index in [1.165, 1.54) is 4.68 Å². The Morgan fingerprint density at radius 2 is 2.00 bits per heavy atom. The third-order valence-electron chi connectivity index (χ3n) is 5.46. The summed E-state index contributed by atoms with van der Waals surface area (Å²) in [7, 11) is 4.84. The van der Waals surface area contributed by atoms with E-state index in [-0.39, 0.29) is 23.7 Å². The van der Waals surface area contributed by atoms with Gasteiger partial charge in [0.15, 0.2) is 11.5 Å². The van der Waals surface area contributed by atoms with Gasteiger partial charge in [0.05, 0.1) is 14.2 Å². The molecule has 1 N–H and O–H groups in total. The summed E-state index contributed by atoms with van der Waals surface area (Å²) in [5.41, 5.74) is 0.808.